The van der Waals surface area contributed by atoms with Crippen LogP contribution in [0, 0.1) is 11.3 Å². The summed E-state index contributed by atoms with van der Waals surface area (Å²) >= 11 is 1.49. The first-order valence-corrected chi connectivity index (χ1v) is 13.1. The van der Waals surface area contributed by atoms with Crippen LogP contribution in [0.2, 0.25) is 0 Å². The molecule has 0 fully saturated rings. The number of carboxylic acids is 1. The van der Waals surface area contributed by atoms with Crippen LogP contribution in [-0.2, 0) is 21.2 Å². The van der Waals surface area contributed by atoms with Gasteiger partial charge in [0.1, 0.15) is 16.8 Å². The predicted molar refractivity (Wildman–Crippen MR) is 129 cm³/mol. The molecule has 1 aromatic heterocycles. The molecule has 1 heterocycles. The van der Waals surface area contributed by atoms with Gasteiger partial charge in [0.05, 0.1) is 16.5 Å². The van der Waals surface area contributed by atoms with Crippen LogP contribution in [0.3, 0.4) is 0 Å². The van der Waals surface area contributed by atoms with Crippen molar-refractivity contribution in [3.05, 3.63) is 59.3 Å². The summed E-state index contributed by atoms with van der Waals surface area (Å²) in [5.74, 6) is -1.81. The molecule has 3 aromatic rings. The number of rotatable bonds is 8. The average molecular weight is 498 g/mol. The van der Waals surface area contributed by atoms with Gasteiger partial charge in [0, 0.05) is 17.8 Å². The van der Waals surface area contributed by atoms with Crippen molar-refractivity contribution >= 4 is 27.3 Å². The number of nitrogens with zero attached hydrogens (tertiary/aromatic N) is 2. The van der Waals surface area contributed by atoms with Gasteiger partial charge in [0.15, 0.2) is 5.75 Å². The molecule has 0 unspecified atom stereocenters. The van der Waals surface area contributed by atoms with Crippen LogP contribution < -0.4 is 9.46 Å². The number of aliphatic carboxylic acids is 1. The first-order chi connectivity index (χ1) is 16.2. The third-order valence-corrected chi connectivity index (χ3v) is 7.74. The monoisotopic (exact) mass is 497 g/mol. The number of carboxylic acid groups (broad SMARTS) is 1. The van der Waals surface area contributed by atoms with E-state index in [2.05, 4.69) is 15.8 Å². The van der Waals surface area contributed by atoms with Gasteiger partial charge in [-0.1, -0.05) is 18.2 Å². The Labute approximate surface area is 201 Å². The van der Waals surface area contributed by atoms with E-state index in [0.29, 0.717) is 24.2 Å². The number of nitriles is 1. The van der Waals surface area contributed by atoms with Crippen LogP contribution in [0.1, 0.15) is 43.0 Å². The zero-order chi connectivity index (χ0) is 24.5. The molecule has 1 aliphatic rings. The van der Waals surface area contributed by atoms with E-state index in [4.69, 9.17) is 9.84 Å². The molecule has 34 heavy (non-hydrogen) atoms. The number of hydrogen-bond donors (Lipinski definition) is 2. The second-order valence-corrected chi connectivity index (χ2v) is 11.0. The first-order valence-electron chi connectivity index (χ1n) is 10.7. The predicted octanol–water partition coefficient (Wildman–Crippen LogP) is 4.13. The van der Waals surface area contributed by atoms with Crippen molar-refractivity contribution < 1.29 is 23.1 Å². The quantitative estimate of drug-likeness (QED) is 0.479. The Morgan fingerprint density at radius 2 is 2.15 bits per heavy atom. The minimum Gasteiger partial charge on any atom is -0.490 e. The molecule has 0 saturated heterocycles. The van der Waals surface area contributed by atoms with E-state index in [-0.39, 0.29) is 6.10 Å². The van der Waals surface area contributed by atoms with Crippen molar-refractivity contribution in [1.82, 2.24) is 9.71 Å². The van der Waals surface area contributed by atoms with Crippen molar-refractivity contribution in [2.24, 2.45) is 0 Å². The summed E-state index contributed by atoms with van der Waals surface area (Å²) in [4.78, 5) is 16.3. The largest absolute Gasteiger partial charge is 0.490 e. The number of sulfonamides is 1. The molecular formula is C24H23N3O5S2. The van der Waals surface area contributed by atoms with Crippen LogP contribution in [0.25, 0.3) is 21.0 Å². The van der Waals surface area contributed by atoms with E-state index in [0.717, 1.165) is 32.1 Å². The molecule has 0 bridgehead atoms. The van der Waals surface area contributed by atoms with Gasteiger partial charge in [-0.05, 0) is 61.6 Å². The summed E-state index contributed by atoms with van der Waals surface area (Å²) in [5, 5.41) is 19.1. The molecule has 0 aliphatic heterocycles. The fourth-order valence-corrected chi connectivity index (χ4v) is 6.12. The lowest BCUT2D eigenvalue weighted by atomic mass is 10.0. The number of thiazole rings is 1. The molecule has 0 saturated carbocycles. The maximum Gasteiger partial charge on any atom is 0.320 e. The number of hydrogen-bond acceptors (Lipinski definition) is 7. The Kier molecular flexibility index (Phi) is 6.70. The highest BCUT2D eigenvalue weighted by molar-refractivity contribution is 7.90. The molecule has 1 aliphatic carbocycles. The van der Waals surface area contributed by atoms with Crippen molar-refractivity contribution in [3.8, 4) is 32.8 Å². The van der Waals surface area contributed by atoms with E-state index in [1.165, 1.54) is 11.3 Å². The van der Waals surface area contributed by atoms with Gasteiger partial charge in [0.25, 0.3) is 0 Å². The van der Waals surface area contributed by atoms with Gasteiger partial charge < -0.3 is 9.84 Å². The second kappa shape index (κ2) is 9.54. The van der Waals surface area contributed by atoms with Crippen molar-refractivity contribution in [3.63, 3.8) is 0 Å². The van der Waals surface area contributed by atoms with Gasteiger partial charge in [-0.3, -0.25) is 4.79 Å². The fourth-order valence-electron chi connectivity index (χ4n) is 4.07. The normalized spacial score (nSPS) is 15.2. The topological polar surface area (TPSA) is 129 Å². The second-order valence-electron chi connectivity index (χ2n) is 8.25. The maximum absolute atomic E-state index is 12.1. The summed E-state index contributed by atoms with van der Waals surface area (Å²) in [6.07, 6.45) is 2.96. The summed E-state index contributed by atoms with van der Waals surface area (Å²) in [5.41, 5.74) is 4.11. The number of carbonyl (C=O) groups is 1. The Balaban J connectivity index is 1.62. The highest BCUT2D eigenvalue weighted by Crippen LogP contribution is 2.41. The van der Waals surface area contributed by atoms with Crippen LogP contribution in [0.5, 0.6) is 5.75 Å². The molecule has 176 valence electrons. The van der Waals surface area contributed by atoms with Gasteiger partial charge in [0.2, 0.25) is 10.0 Å². The highest BCUT2D eigenvalue weighted by atomic mass is 32.2. The van der Waals surface area contributed by atoms with Crippen LogP contribution in [0.15, 0.2) is 42.6 Å². The van der Waals surface area contributed by atoms with Gasteiger partial charge in [-0.15, -0.1) is 11.3 Å². The van der Waals surface area contributed by atoms with E-state index >= 15 is 0 Å². The average Bonchev–Trinajstić information content (AvgIpc) is 3.40. The molecule has 0 radical (unpaired) electrons. The molecule has 2 N–H and O–H groups in total. The number of fused-ring (bicyclic) bond motifs is 1. The number of benzene rings is 2. The van der Waals surface area contributed by atoms with E-state index in [1.54, 1.807) is 18.3 Å². The Bertz CT molecular complexity index is 1390. The lowest BCUT2D eigenvalue weighted by molar-refractivity contribution is -0.134. The molecule has 2 aromatic carbocycles. The van der Waals surface area contributed by atoms with E-state index in [1.807, 2.05) is 38.1 Å². The highest BCUT2D eigenvalue weighted by Gasteiger charge is 2.29. The van der Waals surface area contributed by atoms with Gasteiger partial charge in [-0.2, -0.15) is 5.26 Å². The van der Waals surface area contributed by atoms with Crippen molar-refractivity contribution in [2.45, 2.75) is 38.8 Å². The van der Waals surface area contributed by atoms with Gasteiger partial charge in [-0.25, -0.2) is 18.1 Å². The summed E-state index contributed by atoms with van der Waals surface area (Å²) in [7, 11) is -3.93. The Morgan fingerprint density at radius 3 is 2.85 bits per heavy atom. The van der Waals surface area contributed by atoms with Gasteiger partial charge >= 0.3 is 5.97 Å². The summed E-state index contributed by atoms with van der Waals surface area (Å²) in [6.45, 7) is 3.81. The molecule has 0 spiro atoms. The third kappa shape index (κ3) is 5.12. The fraction of sp³-hybridized carbons (Fsp3) is 0.292. The summed E-state index contributed by atoms with van der Waals surface area (Å²) < 4.78 is 32.5. The molecule has 4 rings (SSSR count). The Hall–Kier alpha value is -3.26. The summed E-state index contributed by atoms with van der Waals surface area (Å²) in [6, 6.07) is 12.9. The molecule has 8 nitrogen and oxygen atoms in total. The maximum atomic E-state index is 12.1. The lowest BCUT2D eigenvalue weighted by Crippen LogP contribution is -2.32. The molecule has 10 heteroatoms. The molecule has 1 atom stereocenters. The number of ether oxygens (including phenoxy) is 1. The zero-order valence-electron chi connectivity index (χ0n) is 18.6. The van der Waals surface area contributed by atoms with Crippen LogP contribution >= 0.6 is 11.3 Å². The van der Waals surface area contributed by atoms with Crippen LogP contribution in [0.4, 0.5) is 0 Å². The number of nitrogens with one attached hydrogen (secondary N) is 1. The van der Waals surface area contributed by atoms with Crippen LogP contribution in [-0.4, -0.2) is 36.3 Å². The molecule has 0 amide bonds. The van der Waals surface area contributed by atoms with E-state index in [9.17, 15) is 18.5 Å². The molecular weight excluding hydrogens is 474 g/mol. The standard InChI is InChI=1S/C24H23N3O5S2/c1-14(2)32-21-9-6-15(10-16(21)11-25)24-26-12-22(33-24)19-5-3-4-18-17(19)7-8-20(18)27-34(30,31)13-23(28)29/h3-6,9-10,12,14,20,27H,7-8,13H2,1-2H3,(H,28,29)/t20-/m0/s1. The van der Waals surface area contributed by atoms with E-state index < -0.39 is 27.8 Å². The SMILES string of the molecule is CC(C)Oc1ccc(-c2ncc(-c3cccc4c3CC[C@@H]4NS(=O)(=O)CC(=O)O)s2)cc1C#N. The zero-order valence-corrected chi connectivity index (χ0v) is 20.2. The number of aromatic nitrogens is 1. The third-order valence-electron chi connectivity index (χ3n) is 5.39. The minimum atomic E-state index is -3.93. The van der Waals surface area contributed by atoms with Crippen molar-refractivity contribution in [2.75, 3.05) is 5.75 Å². The minimum absolute atomic E-state index is 0.0398. The lowest BCUT2D eigenvalue weighted by Gasteiger charge is -2.14. The van der Waals surface area contributed by atoms with Crippen molar-refractivity contribution in [1.29, 1.82) is 5.26 Å². The smallest absolute Gasteiger partial charge is 0.320 e. The first kappa shape index (κ1) is 23.9. The Morgan fingerprint density at radius 1 is 1.35 bits per heavy atom.